The van der Waals surface area contributed by atoms with Gasteiger partial charge in [0.2, 0.25) is 0 Å². The van der Waals surface area contributed by atoms with Crippen LogP contribution in [-0.2, 0) is 6.61 Å². The van der Waals surface area contributed by atoms with Gasteiger partial charge in [0.1, 0.15) is 12.4 Å². The molecule has 0 spiro atoms. The fourth-order valence-corrected chi connectivity index (χ4v) is 2.04. The molecule has 0 aliphatic rings. The van der Waals surface area contributed by atoms with E-state index in [4.69, 9.17) is 10.3 Å². The molecule has 7 nitrogen and oxygen atoms in total. The van der Waals surface area contributed by atoms with Gasteiger partial charge in [0, 0.05) is 0 Å². The smallest absolute Gasteiger partial charge is 0.329 e. The first-order valence-corrected chi connectivity index (χ1v) is 7.17. The summed E-state index contributed by atoms with van der Waals surface area (Å²) in [6, 6.07) is 17.1. The average Bonchev–Trinajstić information content (AvgIpc) is 3.12. The molecule has 118 valence electrons. The van der Waals surface area contributed by atoms with Gasteiger partial charge in [-0.1, -0.05) is 30.3 Å². The highest BCUT2D eigenvalue weighted by Gasteiger charge is 2.12. The summed E-state index contributed by atoms with van der Waals surface area (Å²) in [5.74, 6) is 0.199. The van der Waals surface area contributed by atoms with E-state index in [-0.39, 0.29) is 5.69 Å². The molecule has 0 amide bonds. The molecule has 0 fully saturated rings. The van der Waals surface area contributed by atoms with Gasteiger partial charge in [-0.05, 0) is 29.8 Å². The van der Waals surface area contributed by atoms with Crippen molar-refractivity contribution in [3.63, 3.8) is 0 Å². The van der Waals surface area contributed by atoms with Gasteiger partial charge in [0.15, 0.2) is 5.69 Å². The van der Waals surface area contributed by atoms with Crippen LogP contribution in [0.5, 0.6) is 5.75 Å². The second kappa shape index (κ2) is 7.13. The van der Waals surface area contributed by atoms with E-state index in [9.17, 15) is 4.79 Å². The summed E-state index contributed by atoms with van der Waals surface area (Å²) < 4.78 is 5.71. The average molecular weight is 319 g/mol. The Bertz CT molecular complexity index is 881. The lowest BCUT2D eigenvalue weighted by molar-refractivity contribution is 0.00229. The standard InChI is InChI=1S/C17H13N5O2/c18-19-11-17(23)16-10-20-22(21-16)14-6-8-15(9-7-14)24-12-13-4-2-1-3-5-13/h1-11H,12H2. The third-order valence-corrected chi connectivity index (χ3v) is 3.24. The van der Waals surface area contributed by atoms with Crippen LogP contribution in [0, 0.1) is 0 Å². The first-order chi connectivity index (χ1) is 11.8. The molecule has 0 saturated heterocycles. The predicted molar refractivity (Wildman–Crippen MR) is 86.1 cm³/mol. The van der Waals surface area contributed by atoms with Crippen LogP contribution >= 0.6 is 0 Å². The van der Waals surface area contributed by atoms with Crippen LogP contribution in [0.4, 0.5) is 0 Å². The molecule has 0 bridgehead atoms. The SMILES string of the molecule is [N-]=[N+]=CC(=O)c1cnn(-c2ccc(OCc3ccccc3)cc2)n1. The number of hydrogen-bond donors (Lipinski definition) is 0. The third kappa shape index (κ3) is 3.60. The van der Waals surface area contributed by atoms with Crippen molar-refractivity contribution in [2.45, 2.75) is 6.61 Å². The molecule has 1 heterocycles. The van der Waals surface area contributed by atoms with Crippen molar-refractivity contribution in [2.24, 2.45) is 0 Å². The number of rotatable bonds is 6. The van der Waals surface area contributed by atoms with Crippen LogP contribution in [0.1, 0.15) is 16.1 Å². The van der Waals surface area contributed by atoms with E-state index in [1.54, 1.807) is 24.3 Å². The van der Waals surface area contributed by atoms with Crippen LogP contribution in [0.15, 0.2) is 60.8 Å². The van der Waals surface area contributed by atoms with Crippen molar-refractivity contribution in [3.05, 3.63) is 77.6 Å². The minimum Gasteiger partial charge on any atom is -0.489 e. The summed E-state index contributed by atoms with van der Waals surface area (Å²) in [5, 5.41) is 8.05. The molecule has 0 unspecified atom stereocenters. The first kappa shape index (κ1) is 15.3. The molecule has 2 aromatic carbocycles. The van der Waals surface area contributed by atoms with Gasteiger partial charge in [-0.15, -0.1) is 5.10 Å². The minimum atomic E-state index is -0.522. The van der Waals surface area contributed by atoms with Crippen molar-refractivity contribution in [2.75, 3.05) is 0 Å². The molecule has 0 aliphatic heterocycles. The van der Waals surface area contributed by atoms with Crippen molar-refractivity contribution in [1.82, 2.24) is 15.0 Å². The number of ketones is 1. The van der Waals surface area contributed by atoms with E-state index in [1.807, 2.05) is 30.3 Å². The van der Waals surface area contributed by atoms with Gasteiger partial charge in [0.25, 0.3) is 5.78 Å². The van der Waals surface area contributed by atoms with E-state index in [0.717, 1.165) is 17.5 Å². The number of carbonyl (C=O) groups excluding carboxylic acids is 1. The topological polar surface area (TPSA) is 93.4 Å². The zero-order valence-corrected chi connectivity index (χ0v) is 12.6. The van der Waals surface area contributed by atoms with E-state index in [1.165, 1.54) is 11.0 Å². The molecule has 0 atom stereocenters. The van der Waals surface area contributed by atoms with Gasteiger partial charge >= 0.3 is 6.21 Å². The number of benzene rings is 2. The summed E-state index contributed by atoms with van der Waals surface area (Å²) in [6.07, 6.45) is 2.08. The van der Waals surface area contributed by atoms with E-state index in [2.05, 4.69) is 15.0 Å². The van der Waals surface area contributed by atoms with Gasteiger partial charge in [0.05, 0.1) is 11.9 Å². The van der Waals surface area contributed by atoms with E-state index >= 15 is 0 Å². The second-order valence-corrected chi connectivity index (χ2v) is 4.90. The Labute approximate surface area is 137 Å². The van der Waals surface area contributed by atoms with Gasteiger partial charge < -0.3 is 10.3 Å². The Morgan fingerprint density at radius 1 is 1.17 bits per heavy atom. The fourth-order valence-electron chi connectivity index (χ4n) is 2.04. The first-order valence-electron chi connectivity index (χ1n) is 7.17. The van der Waals surface area contributed by atoms with Crippen molar-refractivity contribution in [1.29, 1.82) is 0 Å². The summed E-state index contributed by atoms with van der Waals surface area (Å²) in [7, 11) is 0. The molecule has 1 aromatic heterocycles. The molecular weight excluding hydrogens is 306 g/mol. The van der Waals surface area contributed by atoms with Crippen molar-refractivity contribution in [3.8, 4) is 11.4 Å². The minimum absolute atomic E-state index is 0.0946. The molecular formula is C17H13N5O2. The van der Waals surface area contributed by atoms with Gasteiger partial charge in [-0.25, -0.2) is 0 Å². The molecule has 3 rings (SSSR count). The van der Waals surface area contributed by atoms with Crippen LogP contribution < -0.4 is 4.74 Å². The third-order valence-electron chi connectivity index (χ3n) is 3.24. The van der Waals surface area contributed by atoms with Gasteiger partial charge in [-0.2, -0.15) is 14.7 Å². The summed E-state index contributed by atoms with van der Waals surface area (Å²) >= 11 is 0. The number of ether oxygens (including phenoxy) is 1. The van der Waals surface area contributed by atoms with Crippen LogP contribution in [0.3, 0.4) is 0 Å². The van der Waals surface area contributed by atoms with E-state index < -0.39 is 5.78 Å². The zero-order chi connectivity index (χ0) is 16.8. The summed E-state index contributed by atoms with van der Waals surface area (Å²) in [4.78, 5) is 15.5. The summed E-state index contributed by atoms with van der Waals surface area (Å²) in [6.45, 7) is 0.485. The normalized spacial score (nSPS) is 10.0. The molecule has 3 aromatic rings. The number of nitrogens with zero attached hydrogens (tertiary/aromatic N) is 5. The fraction of sp³-hybridized carbons (Fsp3) is 0.0588. The number of aromatic nitrogens is 3. The molecule has 24 heavy (non-hydrogen) atoms. The Kier molecular flexibility index (Phi) is 4.55. The van der Waals surface area contributed by atoms with Crippen LogP contribution in [0.25, 0.3) is 11.2 Å². The predicted octanol–water partition coefficient (Wildman–Crippen LogP) is 2.33. The molecule has 0 aliphatic carbocycles. The van der Waals surface area contributed by atoms with Crippen LogP contribution in [0.2, 0.25) is 0 Å². The Morgan fingerprint density at radius 3 is 2.62 bits per heavy atom. The zero-order valence-electron chi connectivity index (χ0n) is 12.6. The summed E-state index contributed by atoms with van der Waals surface area (Å²) in [5.41, 5.74) is 10.2. The van der Waals surface area contributed by atoms with E-state index in [0.29, 0.717) is 12.3 Å². The quantitative estimate of drug-likeness (QED) is 0.301. The lowest BCUT2D eigenvalue weighted by atomic mass is 10.2. The highest BCUT2D eigenvalue weighted by atomic mass is 16.5. The van der Waals surface area contributed by atoms with Crippen LogP contribution in [-0.4, -0.2) is 31.8 Å². The lowest BCUT2D eigenvalue weighted by Gasteiger charge is -2.07. The maximum absolute atomic E-state index is 11.5. The Morgan fingerprint density at radius 2 is 1.92 bits per heavy atom. The molecule has 0 radical (unpaired) electrons. The number of Topliss-reactive ketones (excluding diaryl/α,β-unsaturated/α-hetero) is 1. The maximum atomic E-state index is 11.5. The lowest BCUT2D eigenvalue weighted by Crippen LogP contribution is -2.04. The molecule has 0 saturated carbocycles. The van der Waals surface area contributed by atoms with Crippen molar-refractivity contribution >= 4 is 12.0 Å². The Balaban J connectivity index is 1.68. The maximum Gasteiger partial charge on any atom is 0.329 e. The number of carbonyl (C=O) groups is 1. The van der Waals surface area contributed by atoms with Gasteiger partial charge in [-0.3, -0.25) is 4.79 Å². The monoisotopic (exact) mass is 319 g/mol. The Hall–Kier alpha value is -3.57. The second-order valence-electron chi connectivity index (χ2n) is 4.90. The highest BCUT2D eigenvalue weighted by Crippen LogP contribution is 2.16. The highest BCUT2D eigenvalue weighted by molar-refractivity contribution is 6.32. The molecule has 0 N–H and O–H groups in total. The van der Waals surface area contributed by atoms with Crippen molar-refractivity contribution < 1.29 is 14.3 Å². The largest absolute Gasteiger partial charge is 0.489 e. The number of hydrogen-bond acceptors (Lipinski definition) is 4. The molecule has 7 heteroatoms.